The van der Waals surface area contributed by atoms with Crippen molar-refractivity contribution >= 4 is 11.9 Å². The molecular weight excluding hydrogens is 320 g/mol. The summed E-state index contributed by atoms with van der Waals surface area (Å²) in [6, 6.07) is 9.57. The van der Waals surface area contributed by atoms with Crippen LogP contribution in [0.15, 0.2) is 41.2 Å². The number of hydrogen-bond donors (Lipinski definition) is 3. The number of aryl methyl sites for hydroxylation is 2. The molecule has 1 aromatic carbocycles. The highest BCUT2D eigenvalue weighted by molar-refractivity contribution is 5.96. The Kier molecular flexibility index (Phi) is 4.97. The fourth-order valence-electron chi connectivity index (χ4n) is 3.13. The molecule has 3 rings (SSSR count). The fraction of sp³-hybridized carbons (Fsp3) is 0.316. The molecular formula is C19H20N2O4. The van der Waals surface area contributed by atoms with Crippen LogP contribution < -0.4 is 10.9 Å². The lowest BCUT2D eigenvalue weighted by molar-refractivity contribution is -0.139. The van der Waals surface area contributed by atoms with Gasteiger partial charge in [0, 0.05) is 12.1 Å². The molecule has 1 heterocycles. The van der Waals surface area contributed by atoms with Gasteiger partial charge in [0.2, 0.25) is 0 Å². The van der Waals surface area contributed by atoms with Gasteiger partial charge in [-0.05, 0) is 42.9 Å². The Bertz CT molecular complexity index is 842. The van der Waals surface area contributed by atoms with Crippen LogP contribution in [-0.4, -0.2) is 28.0 Å². The number of aliphatic carboxylic acids is 1. The monoisotopic (exact) mass is 340 g/mol. The predicted octanol–water partition coefficient (Wildman–Crippen LogP) is 1.68. The number of carboxylic acids is 1. The lowest BCUT2D eigenvalue weighted by Gasteiger charge is -2.17. The number of nitrogens with one attached hydrogen (secondary N) is 2. The maximum Gasteiger partial charge on any atom is 0.326 e. The van der Waals surface area contributed by atoms with Gasteiger partial charge in [0.25, 0.3) is 11.5 Å². The molecule has 6 nitrogen and oxygen atoms in total. The van der Waals surface area contributed by atoms with Gasteiger partial charge in [-0.15, -0.1) is 0 Å². The summed E-state index contributed by atoms with van der Waals surface area (Å²) in [6.07, 6.45) is 3.82. The highest BCUT2D eigenvalue weighted by atomic mass is 16.4. The minimum Gasteiger partial charge on any atom is -0.480 e. The molecule has 0 fully saturated rings. The Morgan fingerprint density at radius 1 is 1.16 bits per heavy atom. The van der Waals surface area contributed by atoms with Gasteiger partial charge in [0.1, 0.15) is 11.6 Å². The maximum absolute atomic E-state index is 12.5. The van der Waals surface area contributed by atoms with Gasteiger partial charge in [0.15, 0.2) is 0 Å². The molecule has 0 saturated heterocycles. The average molecular weight is 340 g/mol. The van der Waals surface area contributed by atoms with Crippen molar-refractivity contribution in [2.24, 2.45) is 0 Å². The molecule has 0 aliphatic heterocycles. The minimum absolute atomic E-state index is 0.0278. The van der Waals surface area contributed by atoms with Crippen LogP contribution in [0, 0.1) is 0 Å². The molecule has 1 aromatic heterocycles. The molecule has 3 N–H and O–H groups in total. The van der Waals surface area contributed by atoms with Crippen LogP contribution >= 0.6 is 0 Å². The van der Waals surface area contributed by atoms with Crippen molar-refractivity contribution in [1.82, 2.24) is 10.3 Å². The maximum atomic E-state index is 12.5. The summed E-state index contributed by atoms with van der Waals surface area (Å²) in [4.78, 5) is 38.9. The van der Waals surface area contributed by atoms with E-state index in [2.05, 4.69) is 10.3 Å². The molecule has 0 radical (unpaired) electrons. The summed E-state index contributed by atoms with van der Waals surface area (Å²) in [5.41, 5.74) is 2.15. The third-order valence-electron chi connectivity index (χ3n) is 4.47. The summed E-state index contributed by atoms with van der Waals surface area (Å²) < 4.78 is 0. The van der Waals surface area contributed by atoms with Crippen molar-refractivity contribution in [2.45, 2.75) is 38.1 Å². The van der Waals surface area contributed by atoms with E-state index in [1.807, 2.05) is 18.2 Å². The number of hydrogen-bond acceptors (Lipinski definition) is 3. The number of aromatic amines is 1. The molecule has 1 aliphatic rings. The first-order chi connectivity index (χ1) is 12.0. The van der Waals surface area contributed by atoms with E-state index in [0.29, 0.717) is 0 Å². The molecule has 0 spiro atoms. The molecule has 25 heavy (non-hydrogen) atoms. The number of pyridine rings is 1. The van der Waals surface area contributed by atoms with Gasteiger partial charge in [-0.3, -0.25) is 9.59 Å². The first-order valence-electron chi connectivity index (χ1n) is 8.37. The van der Waals surface area contributed by atoms with Crippen molar-refractivity contribution in [3.63, 3.8) is 0 Å². The Balaban J connectivity index is 1.80. The lowest BCUT2D eigenvalue weighted by Crippen LogP contribution is -2.44. The minimum atomic E-state index is -1.13. The van der Waals surface area contributed by atoms with Crippen LogP contribution in [0.5, 0.6) is 0 Å². The van der Waals surface area contributed by atoms with Crippen LogP contribution in [0.3, 0.4) is 0 Å². The first kappa shape index (κ1) is 17.0. The Morgan fingerprint density at radius 2 is 1.88 bits per heavy atom. The van der Waals surface area contributed by atoms with Crippen LogP contribution in [0.25, 0.3) is 0 Å². The van der Waals surface area contributed by atoms with Gasteiger partial charge in [-0.25, -0.2) is 4.79 Å². The Morgan fingerprint density at radius 3 is 2.60 bits per heavy atom. The van der Waals surface area contributed by atoms with E-state index in [4.69, 9.17) is 0 Å². The zero-order chi connectivity index (χ0) is 17.8. The number of H-pyrrole nitrogens is 1. The second-order valence-corrected chi connectivity index (χ2v) is 6.28. The smallest absolute Gasteiger partial charge is 0.326 e. The summed E-state index contributed by atoms with van der Waals surface area (Å²) in [7, 11) is 0. The van der Waals surface area contributed by atoms with E-state index in [1.54, 1.807) is 18.2 Å². The zero-order valence-corrected chi connectivity index (χ0v) is 13.7. The third kappa shape index (κ3) is 3.96. The van der Waals surface area contributed by atoms with Crippen LogP contribution in [-0.2, 0) is 24.1 Å². The van der Waals surface area contributed by atoms with Gasteiger partial charge in [0.05, 0.1) is 0 Å². The highest BCUT2D eigenvalue weighted by Crippen LogP contribution is 2.18. The summed E-state index contributed by atoms with van der Waals surface area (Å²) in [5.74, 6) is -1.79. The molecule has 0 bridgehead atoms. The summed E-state index contributed by atoms with van der Waals surface area (Å²) in [6.45, 7) is 0. The normalized spacial score (nSPS) is 14.4. The second-order valence-electron chi connectivity index (χ2n) is 6.28. The Hall–Kier alpha value is -2.89. The van der Waals surface area contributed by atoms with E-state index >= 15 is 0 Å². The molecule has 0 unspecified atom stereocenters. The third-order valence-corrected chi connectivity index (χ3v) is 4.47. The highest BCUT2D eigenvalue weighted by Gasteiger charge is 2.23. The number of carbonyl (C=O) groups is 2. The molecule has 6 heteroatoms. The Labute approximate surface area is 144 Å². The van der Waals surface area contributed by atoms with Gasteiger partial charge < -0.3 is 15.4 Å². The number of carboxylic acid groups (broad SMARTS) is 1. The number of fused-ring (bicyclic) bond motifs is 1. The molecule has 130 valence electrons. The summed E-state index contributed by atoms with van der Waals surface area (Å²) >= 11 is 0. The van der Waals surface area contributed by atoms with Crippen molar-refractivity contribution < 1.29 is 14.7 Å². The van der Waals surface area contributed by atoms with Crippen LogP contribution in [0.2, 0.25) is 0 Å². The van der Waals surface area contributed by atoms with Crippen molar-refractivity contribution in [3.05, 3.63) is 69.1 Å². The molecule has 1 atom stereocenters. The quantitative estimate of drug-likeness (QED) is 0.771. The van der Waals surface area contributed by atoms with Crippen molar-refractivity contribution in [1.29, 1.82) is 0 Å². The van der Waals surface area contributed by atoms with E-state index in [1.165, 1.54) is 0 Å². The van der Waals surface area contributed by atoms with Crippen molar-refractivity contribution in [2.75, 3.05) is 0 Å². The van der Waals surface area contributed by atoms with E-state index in [9.17, 15) is 19.5 Å². The first-order valence-corrected chi connectivity index (χ1v) is 8.37. The SMILES string of the molecule is O=C(N[C@@H](Cc1ccccc1)C(=O)O)c1cc2c([nH]c1=O)CCCC2. The molecule has 0 saturated carbocycles. The number of carbonyl (C=O) groups excluding carboxylic acids is 1. The van der Waals surface area contributed by atoms with E-state index < -0.39 is 23.5 Å². The second kappa shape index (κ2) is 7.34. The molecule has 1 aliphatic carbocycles. The standard InChI is InChI=1S/C19H20N2O4/c22-17-14(11-13-8-4-5-9-15(13)20-17)18(23)21-16(19(24)25)10-12-6-2-1-3-7-12/h1-3,6-7,11,16H,4-5,8-10H2,(H,20,22)(H,21,23)(H,24,25)/t16-/m0/s1. The average Bonchev–Trinajstić information content (AvgIpc) is 2.61. The lowest BCUT2D eigenvalue weighted by atomic mass is 9.95. The topological polar surface area (TPSA) is 99.3 Å². The summed E-state index contributed by atoms with van der Waals surface area (Å²) in [5, 5.41) is 11.9. The number of rotatable bonds is 5. The van der Waals surface area contributed by atoms with Crippen LogP contribution in [0.4, 0.5) is 0 Å². The van der Waals surface area contributed by atoms with Gasteiger partial charge in [-0.2, -0.15) is 0 Å². The van der Waals surface area contributed by atoms with Gasteiger partial charge in [-0.1, -0.05) is 30.3 Å². The van der Waals surface area contributed by atoms with Crippen molar-refractivity contribution in [3.8, 4) is 0 Å². The zero-order valence-electron chi connectivity index (χ0n) is 13.7. The number of amides is 1. The van der Waals surface area contributed by atoms with E-state index in [0.717, 1.165) is 42.5 Å². The van der Waals surface area contributed by atoms with Crippen LogP contribution in [0.1, 0.15) is 40.0 Å². The largest absolute Gasteiger partial charge is 0.480 e. The fourth-order valence-corrected chi connectivity index (χ4v) is 3.13. The molecule has 1 amide bonds. The van der Waals surface area contributed by atoms with E-state index in [-0.39, 0.29) is 12.0 Å². The number of benzene rings is 1. The predicted molar refractivity (Wildman–Crippen MR) is 92.7 cm³/mol. The number of aromatic nitrogens is 1. The molecule has 2 aromatic rings. The van der Waals surface area contributed by atoms with Gasteiger partial charge >= 0.3 is 5.97 Å².